The maximum Gasteiger partial charge on any atom is 0.328 e. The second kappa shape index (κ2) is 6.72. The summed E-state index contributed by atoms with van der Waals surface area (Å²) < 4.78 is 5.12. The zero-order chi connectivity index (χ0) is 16.3. The smallest absolute Gasteiger partial charge is 0.328 e. The standard InChI is InChI=1S/C19H29NO2/c1-6-7-11-17(18(21)22-5)20-16-12-9-8-10-15(16)14(2)13-19(20,3)4/h8-10,12,14,17H,6-7,11,13H2,1-5H3. The fourth-order valence-electron chi connectivity index (χ4n) is 3.88. The normalized spacial score (nSPS) is 21.1. The van der Waals surface area contributed by atoms with E-state index in [9.17, 15) is 4.79 Å². The van der Waals surface area contributed by atoms with Crippen LogP contribution >= 0.6 is 0 Å². The lowest BCUT2D eigenvalue weighted by atomic mass is 9.78. The molecule has 0 aliphatic carbocycles. The summed E-state index contributed by atoms with van der Waals surface area (Å²) in [6, 6.07) is 8.29. The van der Waals surface area contributed by atoms with Crippen molar-refractivity contribution in [2.45, 2.75) is 70.9 Å². The maximum absolute atomic E-state index is 12.4. The van der Waals surface area contributed by atoms with E-state index >= 15 is 0 Å². The Morgan fingerprint density at radius 3 is 2.73 bits per heavy atom. The molecule has 3 heteroatoms. The van der Waals surface area contributed by atoms with Gasteiger partial charge in [0.25, 0.3) is 0 Å². The van der Waals surface area contributed by atoms with Gasteiger partial charge in [0.1, 0.15) is 6.04 Å². The molecular weight excluding hydrogens is 274 g/mol. The van der Waals surface area contributed by atoms with Crippen LogP contribution in [0, 0.1) is 0 Å². The SMILES string of the molecule is CCCCC(C(=O)OC)N1c2ccccc2C(C)CC1(C)C. The van der Waals surface area contributed by atoms with Gasteiger partial charge in [-0.25, -0.2) is 4.79 Å². The minimum atomic E-state index is -0.200. The number of hydrogen-bond donors (Lipinski definition) is 0. The predicted molar refractivity (Wildman–Crippen MR) is 91.4 cm³/mol. The Bertz CT molecular complexity index is 524. The molecule has 1 aromatic carbocycles. The van der Waals surface area contributed by atoms with Gasteiger partial charge in [-0.05, 0) is 44.2 Å². The first-order valence-electron chi connectivity index (χ1n) is 8.38. The molecule has 3 nitrogen and oxygen atoms in total. The third-order valence-electron chi connectivity index (χ3n) is 4.80. The van der Waals surface area contributed by atoms with E-state index in [0.717, 1.165) is 25.7 Å². The zero-order valence-corrected chi connectivity index (χ0v) is 14.6. The van der Waals surface area contributed by atoms with Gasteiger partial charge in [0.15, 0.2) is 0 Å². The maximum atomic E-state index is 12.4. The van der Waals surface area contributed by atoms with Gasteiger partial charge in [-0.15, -0.1) is 0 Å². The third-order valence-corrected chi connectivity index (χ3v) is 4.80. The Kier molecular flexibility index (Phi) is 5.15. The van der Waals surface area contributed by atoms with Gasteiger partial charge < -0.3 is 9.64 Å². The molecule has 0 radical (unpaired) electrons. The van der Waals surface area contributed by atoms with Crippen LogP contribution in [0.1, 0.15) is 64.9 Å². The molecule has 0 saturated carbocycles. The van der Waals surface area contributed by atoms with E-state index in [0.29, 0.717) is 5.92 Å². The van der Waals surface area contributed by atoms with Crippen molar-refractivity contribution in [3.8, 4) is 0 Å². The van der Waals surface area contributed by atoms with Crippen LogP contribution in [0.3, 0.4) is 0 Å². The molecule has 1 aliphatic heterocycles. The average molecular weight is 303 g/mol. The molecule has 0 aromatic heterocycles. The Morgan fingerprint density at radius 1 is 1.41 bits per heavy atom. The van der Waals surface area contributed by atoms with Crippen LogP contribution in [0.5, 0.6) is 0 Å². The van der Waals surface area contributed by atoms with Gasteiger partial charge in [0.05, 0.1) is 7.11 Å². The molecular formula is C19H29NO2. The van der Waals surface area contributed by atoms with E-state index in [-0.39, 0.29) is 17.6 Å². The number of ether oxygens (including phenoxy) is 1. The van der Waals surface area contributed by atoms with Crippen molar-refractivity contribution in [3.63, 3.8) is 0 Å². The van der Waals surface area contributed by atoms with Crippen molar-refractivity contribution >= 4 is 11.7 Å². The fourth-order valence-corrected chi connectivity index (χ4v) is 3.88. The molecule has 0 spiro atoms. The molecule has 0 N–H and O–H groups in total. The van der Waals surface area contributed by atoms with Crippen LogP contribution in [-0.2, 0) is 9.53 Å². The van der Waals surface area contributed by atoms with Crippen LogP contribution in [0.15, 0.2) is 24.3 Å². The van der Waals surface area contributed by atoms with Crippen molar-refractivity contribution < 1.29 is 9.53 Å². The molecule has 1 heterocycles. The Hall–Kier alpha value is -1.51. The quantitative estimate of drug-likeness (QED) is 0.750. The number of methoxy groups -OCH3 is 1. The van der Waals surface area contributed by atoms with Crippen LogP contribution in [0.4, 0.5) is 5.69 Å². The number of carbonyl (C=O) groups is 1. The van der Waals surface area contributed by atoms with E-state index < -0.39 is 0 Å². The van der Waals surface area contributed by atoms with Crippen molar-refractivity contribution in [2.24, 2.45) is 0 Å². The summed E-state index contributed by atoms with van der Waals surface area (Å²) in [7, 11) is 1.49. The Balaban J connectivity index is 2.48. The predicted octanol–water partition coefficient (Wildman–Crippen LogP) is 4.51. The lowest BCUT2D eigenvalue weighted by molar-refractivity contribution is -0.142. The number of nitrogens with zero attached hydrogens (tertiary/aromatic N) is 1. The van der Waals surface area contributed by atoms with Crippen molar-refractivity contribution in [3.05, 3.63) is 29.8 Å². The van der Waals surface area contributed by atoms with Crippen molar-refractivity contribution in [1.82, 2.24) is 0 Å². The lowest BCUT2D eigenvalue weighted by Crippen LogP contribution is -2.56. The summed E-state index contributed by atoms with van der Waals surface area (Å²) in [5.74, 6) is 0.387. The third kappa shape index (κ3) is 3.13. The van der Waals surface area contributed by atoms with Gasteiger partial charge in [0.2, 0.25) is 0 Å². The van der Waals surface area contributed by atoms with E-state index in [4.69, 9.17) is 4.74 Å². The largest absolute Gasteiger partial charge is 0.467 e. The highest BCUT2D eigenvalue weighted by Crippen LogP contribution is 2.44. The van der Waals surface area contributed by atoms with Gasteiger partial charge in [0, 0.05) is 11.2 Å². The van der Waals surface area contributed by atoms with Crippen molar-refractivity contribution in [1.29, 1.82) is 0 Å². The van der Waals surface area contributed by atoms with Crippen LogP contribution in [0.25, 0.3) is 0 Å². The highest BCUT2D eigenvalue weighted by atomic mass is 16.5. The summed E-state index contributed by atoms with van der Waals surface area (Å²) >= 11 is 0. The first-order chi connectivity index (χ1) is 10.4. The molecule has 22 heavy (non-hydrogen) atoms. The monoisotopic (exact) mass is 303 g/mol. The number of anilines is 1. The molecule has 122 valence electrons. The first-order valence-corrected chi connectivity index (χ1v) is 8.38. The number of hydrogen-bond acceptors (Lipinski definition) is 3. The van der Waals surface area contributed by atoms with E-state index in [1.54, 1.807) is 0 Å². The molecule has 0 saturated heterocycles. The Morgan fingerprint density at radius 2 is 2.09 bits per heavy atom. The number of benzene rings is 1. The van der Waals surface area contributed by atoms with E-state index in [2.05, 4.69) is 56.9 Å². The zero-order valence-electron chi connectivity index (χ0n) is 14.6. The molecule has 2 rings (SSSR count). The molecule has 2 atom stereocenters. The highest BCUT2D eigenvalue weighted by molar-refractivity contribution is 5.81. The van der Waals surface area contributed by atoms with Crippen molar-refractivity contribution in [2.75, 3.05) is 12.0 Å². The van der Waals surface area contributed by atoms with Gasteiger partial charge in [-0.3, -0.25) is 0 Å². The molecule has 0 fully saturated rings. The molecule has 1 aliphatic rings. The number of esters is 1. The van der Waals surface area contributed by atoms with E-state index in [1.165, 1.54) is 18.4 Å². The summed E-state index contributed by atoms with van der Waals surface area (Å²) in [4.78, 5) is 14.7. The summed E-state index contributed by atoms with van der Waals surface area (Å²) in [6.07, 6.45) is 4.00. The second-order valence-corrected chi connectivity index (χ2v) is 7.03. The van der Waals surface area contributed by atoms with E-state index in [1.807, 2.05) is 0 Å². The first kappa shape index (κ1) is 16.9. The molecule has 1 aromatic rings. The number of unbranched alkanes of at least 4 members (excludes halogenated alkanes) is 1. The second-order valence-electron chi connectivity index (χ2n) is 7.03. The summed E-state index contributed by atoms with van der Waals surface area (Å²) in [5, 5.41) is 0. The molecule has 0 amide bonds. The number of fused-ring (bicyclic) bond motifs is 1. The number of rotatable bonds is 5. The van der Waals surface area contributed by atoms with Crippen LogP contribution < -0.4 is 4.90 Å². The molecule has 0 bridgehead atoms. The fraction of sp³-hybridized carbons (Fsp3) is 0.632. The summed E-state index contributed by atoms with van der Waals surface area (Å²) in [5.41, 5.74) is 2.48. The summed E-state index contributed by atoms with van der Waals surface area (Å²) in [6.45, 7) is 8.91. The van der Waals surface area contributed by atoms with Gasteiger partial charge in [-0.1, -0.05) is 44.9 Å². The average Bonchev–Trinajstić information content (AvgIpc) is 2.49. The minimum absolute atomic E-state index is 0.0552. The molecule has 2 unspecified atom stereocenters. The van der Waals surface area contributed by atoms with Gasteiger partial charge in [-0.2, -0.15) is 0 Å². The number of carbonyl (C=O) groups excluding carboxylic acids is 1. The van der Waals surface area contributed by atoms with Gasteiger partial charge >= 0.3 is 5.97 Å². The highest BCUT2D eigenvalue weighted by Gasteiger charge is 2.42. The topological polar surface area (TPSA) is 29.5 Å². The van der Waals surface area contributed by atoms with Crippen LogP contribution in [0.2, 0.25) is 0 Å². The lowest BCUT2D eigenvalue weighted by Gasteiger charge is -2.50. The van der Waals surface area contributed by atoms with Crippen LogP contribution in [-0.4, -0.2) is 24.7 Å². The minimum Gasteiger partial charge on any atom is -0.467 e. The Labute approximate surface area is 134 Å². The number of para-hydroxylation sites is 1.